The summed E-state index contributed by atoms with van der Waals surface area (Å²) in [5.41, 5.74) is 1.18. The van der Waals surface area contributed by atoms with Crippen molar-refractivity contribution in [3.8, 4) is 10.4 Å². The number of rotatable bonds is 7. The third-order valence-electron chi connectivity index (χ3n) is 8.13. The van der Waals surface area contributed by atoms with Crippen molar-refractivity contribution in [1.29, 1.82) is 0 Å². The summed E-state index contributed by atoms with van der Waals surface area (Å²) in [4.78, 5) is 34.9. The first kappa shape index (κ1) is 21.9. The van der Waals surface area contributed by atoms with Gasteiger partial charge >= 0.3 is 0 Å². The van der Waals surface area contributed by atoms with Gasteiger partial charge in [-0.1, -0.05) is 6.07 Å². The van der Waals surface area contributed by atoms with Gasteiger partial charge in [-0.05, 0) is 80.1 Å². The van der Waals surface area contributed by atoms with Gasteiger partial charge in [0.2, 0.25) is 5.91 Å². The van der Waals surface area contributed by atoms with Gasteiger partial charge in [0, 0.05) is 21.9 Å². The van der Waals surface area contributed by atoms with Crippen LogP contribution in [0.4, 0.5) is 0 Å². The van der Waals surface area contributed by atoms with Gasteiger partial charge < -0.3 is 10.3 Å². The second kappa shape index (κ2) is 8.54. The number of nitrogens with one attached hydrogen (secondary N) is 2. The summed E-state index contributed by atoms with van der Waals surface area (Å²) in [6.45, 7) is 2.23. The third kappa shape index (κ3) is 4.08. The van der Waals surface area contributed by atoms with E-state index < -0.39 is 0 Å². The van der Waals surface area contributed by atoms with Crippen molar-refractivity contribution in [2.24, 2.45) is 23.2 Å². The van der Waals surface area contributed by atoms with Gasteiger partial charge in [-0.15, -0.1) is 34.4 Å². The van der Waals surface area contributed by atoms with Crippen molar-refractivity contribution < 1.29 is 4.79 Å². The molecule has 174 valence electrons. The number of amides is 1. The van der Waals surface area contributed by atoms with Gasteiger partial charge in [0.1, 0.15) is 10.7 Å². The number of fused-ring (bicyclic) bond motifs is 1. The third-order valence-corrected chi connectivity index (χ3v) is 10.9. The highest BCUT2D eigenvalue weighted by atomic mass is 32.2. The molecule has 7 rings (SSSR count). The summed E-state index contributed by atoms with van der Waals surface area (Å²) < 4.78 is 0. The molecular weight excluding hydrogens is 470 g/mol. The quantitative estimate of drug-likeness (QED) is 0.439. The van der Waals surface area contributed by atoms with Gasteiger partial charge in [0.15, 0.2) is 0 Å². The van der Waals surface area contributed by atoms with Crippen molar-refractivity contribution in [3.05, 3.63) is 39.1 Å². The lowest BCUT2D eigenvalue weighted by Gasteiger charge is -2.59. The Morgan fingerprint density at radius 1 is 1.24 bits per heavy atom. The SMILES string of the molecule is CC(NC(=O)CSCc1nc2scc(-c3cccs3)c2c(=O)[nH]1)C12CC3CC(CC(C3)C1)C2. The van der Waals surface area contributed by atoms with Crippen molar-refractivity contribution in [1.82, 2.24) is 15.3 Å². The van der Waals surface area contributed by atoms with Crippen molar-refractivity contribution in [2.75, 3.05) is 5.75 Å². The largest absolute Gasteiger partial charge is 0.352 e. The Kier molecular flexibility index (Phi) is 5.66. The van der Waals surface area contributed by atoms with Crippen LogP contribution in [0.1, 0.15) is 51.3 Å². The van der Waals surface area contributed by atoms with Crippen molar-refractivity contribution >= 4 is 50.6 Å². The molecule has 0 spiro atoms. The Morgan fingerprint density at radius 3 is 2.64 bits per heavy atom. The van der Waals surface area contributed by atoms with E-state index in [2.05, 4.69) is 22.2 Å². The minimum atomic E-state index is -0.0971. The van der Waals surface area contributed by atoms with Crippen LogP contribution in [-0.2, 0) is 10.5 Å². The zero-order chi connectivity index (χ0) is 22.6. The molecule has 4 aliphatic rings. The van der Waals surface area contributed by atoms with E-state index >= 15 is 0 Å². The molecule has 1 amide bonds. The summed E-state index contributed by atoms with van der Waals surface area (Å²) in [6.07, 6.45) is 8.16. The number of thioether (sulfide) groups is 1. The Morgan fingerprint density at radius 2 is 1.97 bits per heavy atom. The first-order valence-corrected chi connectivity index (χ1v) is 14.8. The molecule has 4 bridgehead atoms. The highest BCUT2D eigenvalue weighted by Crippen LogP contribution is 2.61. The lowest BCUT2D eigenvalue weighted by atomic mass is 9.48. The molecule has 0 aromatic carbocycles. The molecular formula is C25H29N3O2S3. The van der Waals surface area contributed by atoms with Crippen LogP contribution in [0.25, 0.3) is 20.7 Å². The number of hydrogen-bond acceptors (Lipinski definition) is 6. The Balaban J connectivity index is 1.07. The number of carbonyl (C=O) groups excluding carboxylic acids is 1. The first-order chi connectivity index (χ1) is 16.0. The van der Waals surface area contributed by atoms with Crippen LogP contribution >= 0.6 is 34.4 Å². The van der Waals surface area contributed by atoms with Crippen LogP contribution in [0.3, 0.4) is 0 Å². The number of aromatic amines is 1. The minimum Gasteiger partial charge on any atom is -0.352 e. The Labute approximate surface area is 205 Å². The fourth-order valence-corrected chi connectivity index (χ4v) is 9.54. The summed E-state index contributed by atoms with van der Waals surface area (Å²) in [5, 5.41) is 8.02. The topological polar surface area (TPSA) is 74.8 Å². The second-order valence-corrected chi connectivity index (χ2v) is 13.2. The number of H-pyrrole nitrogens is 1. The maximum absolute atomic E-state index is 12.8. The lowest BCUT2D eigenvalue weighted by molar-refractivity contribution is -0.123. The minimum absolute atomic E-state index is 0.0971. The highest BCUT2D eigenvalue weighted by molar-refractivity contribution is 7.99. The maximum atomic E-state index is 12.8. The number of hydrogen-bond donors (Lipinski definition) is 2. The fraction of sp³-hybridized carbons (Fsp3) is 0.560. The average molecular weight is 500 g/mol. The van der Waals surface area contributed by atoms with Crippen LogP contribution in [0.5, 0.6) is 0 Å². The lowest BCUT2D eigenvalue weighted by Crippen LogP contribution is -2.56. The predicted octanol–water partition coefficient (Wildman–Crippen LogP) is 5.67. The summed E-state index contributed by atoms with van der Waals surface area (Å²) in [6, 6.07) is 4.26. The van der Waals surface area contributed by atoms with E-state index in [-0.39, 0.29) is 17.5 Å². The van der Waals surface area contributed by atoms with Crippen molar-refractivity contribution in [2.45, 2.75) is 57.2 Å². The van der Waals surface area contributed by atoms with Crippen LogP contribution in [0, 0.1) is 23.2 Å². The maximum Gasteiger partial charge on any atom is 0.260 e. The average Bonchev–Trinajstić information content (AvgIpc) is 3.42. The van der Waals surface area contributed by atoms with Crippen LogP contribution in [0.15, 0.2) is 27.7 Å². The predicted molar refractivity (Wildman–Crippen MR) is 138 cm³/mol. The van der Waals surface area contributed by atoms with E-state index in [1.807, 2.05) is 22.9 Å². The molecule has 0 saturated heterocycles. The molecule has 0 radical (unpaired) electrons. The molecule has 3 aromatic heterocycles. The highest BCUT2D eigenvalue weighted by Gasteiger charge is 2.53. The summed E-state index contributed by atoms with van der Waals surface area (Å²) in [7, 11) is 0. The zero-order valence-corrected chi connectivity index (χ0v) is 21.2. The molecule has 3 aromatic rings. The molecule has 8 heteroatoms. The van der Waals surface area contributed by atoms with Crippen LogP contribution in [-0.4, -0.2) is 27.7 Å². The number of carbonyl (C=O) groups is 1. The summed E-state index contributed by atoms with van der Waals surface area (Å²) >= 11 is 4.65. The monoisotopic (exact) mass is 499 g/mol. The normalized spacial score (nSPS) is 28.9. The molecule has 33 heavy (non-hydrogen) atoms. The van der Waals surface area contributed by atoms with E-state index in [0.717, 1.165) is 33.0 Å². The van der Waals surface area contributed by atoms with Gasteiger partial charge in [-0.25, -0.2) is 4.98 Å². The zero-order valence-electron chi connectivity index (χ0n) is 18.8. The van der Waals surface area contributed by atoms with E-state index in [4.69, 9.17) is 0 Å². The standard InChI is InChI=1S/C25H29N3O2S3/c1-14(25-8-15-5-16(9-25)7-17(6-15)10-25)26-21(29)13-31-12-20-27-23(30)22-18(11-33-24(22)28-20)19-3-2-4-32-19/h2-4,11,14-17H,5-10,12-13H2,1H3,(H,26,29)(H,27,28,30). The molecule has 4 fully saturated rings. The van der Waals surface area contributed by atoms with Gasteiger partial charge in [-0.3, -0.25) is 9.59 Å². The number of nitrogens with zero attached hydrogens (tertiary/aromatic N) is 1. The molecule has 2 N–H and O–H groups in total. The molecule has 4 aliphatic carbocycles. The van der Waals surface area contributed by atoms with Gasteiger partial charge in [-0.2, -0.15) is 0 Å². The molecule has 5 nitrogen and oxygen atoms in total. The Hall–Kier alpha value is -1.64. The molecule has 0 aliphatic heterocycles. The smallest absolute Gasteiger partial charge is 0.260 e. The van der Waals surface area contributed by atoms with Gasteiger partial charge in [0.05, 0.1) is 16.9 Å². The fourth-order valence-electron chi connectivity index (χ4n) is 7.06. The Bertz CT molecular complexity index is 1190. The van der Waals surface area contributed by atoms with Gasteiger partial charge in [0.25, 0.3) is 5.56 Å². The van der Waals surface area contributed by atoms with Crippen LogP contribution < -0.4 is 10.9 Å². The number of aromatic nitrogens is 2. The first-order valence-electron chi connectivity index (χ1n) is 11.9. The summed E-state index contributed by atoms with van der Waals surface area (Å²) in [5.74, 6) is 4.32. The van der Waals surface area contributed by atoms with E-state index in [9.17, 15) is 9.59 Å². The van der Waals surface area contributed by atoms with E-state index in [1.54, 1.807) is 11.3 Å². The van der Waals surface area contributed by atoms with E-state index in [1.165, 1.54) is 61.6 Å². The molecule has 1 unspecified atom stereocenters. The van der Waals surface area contributed by atoms with Crippen LogP contribution in [0.2, 0.25) is 0 Å². The van der Waals surface area contributed by atoms with Crippen molar-refractivity contribution in [3.63, 3.8) is 0 Å². The van der Waals surface area contributed by atoms with E-state index in [0.29, 0.717) is 28.1 Å². The molecule has 4 saturated carbocycles. The molecule has 1 atom stereocenters. The second-order valence-electron chi connectivity index (χ2n) is 10.4. The molecule has 3 heterocycles. The number of thiophene rings is 2.